The molecule has 134 valence electrons. The van der Waals surface area contributed by atoms with Gasteiger partial charge in [-0.3, -0.25) is 0 Å². The van der Waals surface area contributed by atoms with E-state index in [4.69, 9.17) is 9.47 Å². The van der Waals surface area contributed by atoms with Gasteiger partial charge in [0.15, 0.2) is 0 Å². The van der Waals surface area contributed by atoms with Gasteiger partial charge in [-0.1, -0.05) is 18.2 Å². The molecule has 0 aromatic heterocycles. The molecule has 0 aliphatic carbocycles. The number of fused-ring (bicyclic) bond motifs is 1. The lowest BCUT2D eigenvalue weighted by atomic mass is 10.0. The van der Waals surface area contributed by atoms with Gasteiger partial charge in [0.05, 0.1) is 13.2 Å². The molecule has 0 bridgehead atoms. The van der Waals surface area contributed by atoms with Crippen LogP contribution in [0.3, 0.4) is 0 Å². The molecular formula is C21H28N2O2. The van der Waals surface area contributed by atoms with Crippen LogP contribution in [0.2, 0.25) is 0 Å². The van der Waals surface area contributed by atoms with Crippen LogP contribution in [-0.4, -0.2) is 45.8 Å². The van der Waals surface area contributed by atoms with Crippen molar-refractivity contribution >= 4 is 5.69 Å². The molecule has 0 fully saturated rings. The molecule has 1 heterocycles. The Morgan fingerprint density at radius 1 is 1.00 bits per heavy atom. The Bertz CT molecular complexity index is 683. The highest BCUT2D eigenvalue weighted by Gasteiger charge is 2.11. The van der Waals surface area contributed by atoms with E-state index in [0.717, 1.165) is 38.5 Å². The molecule has 0 radical (unpaired) electrons. The van der Waals surface area contributed by atoms with Crippen LogP contribution in [0.5, 0.6) is 5.75 Å². The van der Waals surface area contributed by atoms with Gasteiger partial charge in [-0.05, 0) is 61.5 Å². The molecular weight excluding hydrogens is 312 g/mol. The van der Waals surface area contributed by atoms with E-state index in [1.165, 1.54) is 22.4 Å². The van der Waals surface area contributed by atoms with Gasteiger partial charge < -0.3 is 19.3 Å². The molecule has 4 nitrogen and oxygen atoms in total. The molecule has 4 heteroatoms. The van der Waals surface area contributed by atoms with Gasteiger partial charge in [-0.2, -0.15) is 0 Å². The highest BCUT2D eigenvalue weighted by molar-refractivity contribution is 5.49. The summed E-state index contributed by atoms with van der Waals surface area (Å²) >= 11 is 0. The van der Waals surface area contributed by atoms with Crippen molar-refractivity contribution in [3.8, 4) is 5.75 Å². The maximum absolute atomic E-state index is 5.76. The molecule has 25 heavy (non-hydrogen) atoms. The summed E-state index contributed by atoms with van der Waals surface area (Å²) < 4.78 is 11.3. The molecule has 1 aliphatic rings. The second-order valence-electron chi connectivity index (χ2n) is 6.91. The normalized spacial score (nSPS) is 13.6. The highest BCUT2D eigenvalue weighted by atomic mass is 16.5. The molecule has 2 aromatic rings. The van der Waals surface area contributed by atoms with Crippen molar-refractivity contribution in [3.05, 3.63) is 59.2 Å². The van der Waals surface area contributed by atoms with Crippen LogP contribution in [0.4, 0.5) is 5.69 Å². The van der Waals surface area contributed by atoms with Crippen molar-refractivity contribution < 1.29 is 9.47 Å². The Hall–Kier alpha value is -2.04. The first-order chi connectivity index (χ1) is 12.1. The predicted molar refractivity (Wildman–Crippen MR) is 102 cm³/mol. The maximum Gasteiger partial charge on any atom is 0.119 e. The fourth-order valence-corrected chi connectivity index (χ4v) is 3.03. The Morgan fingerprint density at radius 2 is 1.80 bits per heavy atom. The van der Waals surface area contributed by atoms with Gasteiger partial charge in [0, 0.05) is 25.8 Å². The van der Waals surface area contributed by atoms with Gasteiger partial charge in [0.1, 0.15) is 12.4 Å². The highest BCUT2D eigenvalue weighted by Crippen LogP contribution is 2.22. The first-order valence-corrected chi connectivity index (χ1v) is 8.89. The topological polar surface area (TPSA) is 24.9 Å². The number of anilines is 1. The zero-order chi connectivity index (χ0) is 17.6. The minimum absolute atomic E-state index is 0.708. The van der Waals surface area contributed by atoms with Crippen molar-refractivity contribution in [2.45, 2.75) is 19.6 Å². The zero-order valence-corrected chi connectivity index (χ0v) is 15.5. The molecule has 0 atom stereocenters. The lowest BCUT2D eigenvalue weighted by Crippen LogP contribution is -2.19. The first kappa shape index (κ1) is 17.8. The Morgan fingerprint density at radius 3 is 2.56 bits per heavy atom. The molecule has 3 rings (SSSR count). The molecule has 1 aliphatic heterocycles. The third-order valence-electron chi connectivity index (χ3n) is 4.55. The average Bonchev–Trinajstić information content (AvgIpc) is 2.62. The number of hydrogen-bond donors (Lipinski definition) is 0. The SMILES string of the molecule is CN(C)CCOc1ccc(N(C)Cc2ccc3c(c2)COCC3)cc1. The van der Waals surface area contributed by atoms with E-state index in [1.807, 2.05) is 26.2 Å². The number of rotatable bonds is 7. The standard InChI is InChI=1S/C21H28N2O2/c1-22(2)11-13-25-21-8-6-20(7-9-21)23(3)15-17-4-5-18-10-12-24-16-19(18)14-17/h4-9,14H,10-13,15-16H2,1-3H3. The Balaban J connectivity index is 1.58. The Kier molecular flexibility index (Phi) is 5.95. The van der Waals surface area contributed by atoms with Gasteiger partial charge in [-0.25, -0.2) is 0 Å². The van der Waals surface area contributed by atoms with Crippen LogP contribution in [0.25, 0.3) is 0 Å². The zero-order valence-electron chi connectivity index (χ0n) is 15.5. The van der Waals surface area contributed by atoms with Crippen molar-refractivity contribution in [3.63, 3.8) is 0 Å². The van der Waals surface area contributed by atoms with Crippen LogP contribution in [0, 0.1) is 0 Å². The van der Waals surface area contributed by atoms with E-state index in [9.17, 15) is 0 Å². The molecule has 0 saturated heterocycles. The van der Waals surface area contributed by atoms with E-state index < -0.39 is 0 Å². The molecule has 2 aromatic carbocycles. The summed E-state index contributed by atoms with van der Waals surface area (Å²) in [4.78, 5) is 4.38. The molecule has 0 unspecified atom stereocenters. The minimum atomic E-state index is 0.708. The maximum atomic E-state index is 5.76. The number of likely N-dealkylation sites (N-methyl/N-ethyl adjacent to an activating group) is 1. The summed E-state index contributed by atoms with van der Waals surface area (Å²) in [7, 11) is 6.22. The summed E-state index contributed by atoms with van der Waals surface area (Å²) in [6.45, 7) is 4.10. The van der Waals surface area contributed by atoms with Crippen LogP contribution in [0.15, 0.2) is 42.5 Å². The number of ether oxygens (including phenoxy) is 2. The minimum Gasteiger partial charge on any atom is -0.492 e. The van der Waals surface area contributed by atoms with Crippen molar-refractivity contribution in [1.29, 1.82) is 0 Å². The van der Waals surface area contributed by atoms with E-state index in [1.54, 1.807) is 0 Å². The van der Waals surface area contributed by atoms with Gasteiger partial charge in [-0.15, -0.1) is 0 Å². The third kappa shape index (κ3) is 4.97. The lowest BCUT2D eigenvalue weighted by Gasteiger charge is -2.22. The first-order valence-electron chi connectivity index (χ1n) is 8.89. The number of nitrogens with zero attached hydrogens (tertiary/aromatic N) is 2. The predicted octanol–water partition coefficient (Wildman–Crippen LogP) is 3.34. The fourth-order valence-electron chi connectivity index (χ4n) is 3.03. The van der Waals surface area contributed by atoms with Gasteiger partial charge in [0.2, 0.25) is 0 Å². The molecule has 0 amide bonds. The van der Waals surface area contributed by atoms with E-state index in [-0.39, 0.29) is 0 Å². The number of hydrogen-bond acceptors (Lipinski definition) is 4. The van der Waals surface area contributed by atoms with E-state index >= 15 is 0 Å². The summed E-state index contributed by atoms with van der Waals surface area (Å²) in [5, 5.41) is 0. The average molecular weight is 340 g/mol. The van der Waals surface area contributed by atoms with E-state index in [2.05, 4.69) is 47.2 Å². The molecule has 0 N–H and O–H groups in total. The van der Waals surface area contributed by atoms with Crippen LogP contribution in [0.1, 0.15) is 16.7 Å². The summed E-state index contributed by atoms with van der Waals surface area (Å²) in [6.07, 6.45) is 1.03. The van der Waals surface area contributed by atoms with E-state index in [0.29, 0.717) is 6.61 Å². The largest absolute Gasteiger partial charge is 0.492 e. The van der Waals surface area contributed by atoms with Crippen molar-refractivity contribution in [2.75, 3.05) is 45.8 Å². The second-order valence-corrected chi connectivity index (χ2v) is 6.91. The number of benzene rings is 2. The summed E-state index contributed by atoms with van der Waals surface area (Å²) in [5.41, 5.74) is 5.27. The second kappa shape index (κ2) is 8.37. The van der Waals surface area contributed by atoms with Gasteiger partial charge >= 0.3 is 0 Å². The molecule has 0 saturated carbocycles. The van der Waals surface area contributed by atoms with Crippen LogP contribution >= 0.6 is 0 Å². The lowest BCUT2D eigenvalue weighted by molar-refractivity contribution is 0.110. The van der Waals surface area contributed by atoms with Crippen LogP contribution < -0.4 is 9.64 Å². The summed E-state index contributed by atoms with van der Waals surface area (Å²) in [6, 6.07) is 15.1. The monoisotopic (exact) mass is 340 g/mol. The summed E-state index contributed by atoms with van der Waals surface area (Å²) in [5.74, 6) is 0.921. The third-order valence-corrected chi connectivity index (χ3v) is 4.55. The fraction of sp³-hybridized carbons (Fsp3) is 0.429. The van der Waals surface area contributed by atoms with Crippen LogP contribution in [-0.2, 0) is 24.3 Å². The Labute approximate surface area is 151 Å². The smallest absolute Gasteiger partial charge is 0.119 e. The van der Waals surface area contributed by atoms with Crippen molar-refractivity contribution in [1.82, 2.24) is 4.90 Å². The van der Waals surface area contributed by atoms with Crippen molar-refractivity contribution in [2.24, 2.45) is 0 Å². The molecule has 0 spiro atoms. The quantitative estimate of drug-likeness (QED) is 0.772. The van der Waals surface area contributed by atoms with Gasteiger partial charge in [0.25, 0.3) is 0 Å².